The van der Waals surface area contributed by atoms with Crippen LogP contribution in [0, 0.1) is 11.3 Å². The van der Waals surface area contributed by atoms with E-state index >= 15 is 0 Å². The van der Waals surface area contributed by atoms with Gasteiger partial charge in [0.05, 0.1) is 22.2 Å². The van der Waals surface area contributed by atoms with Gasteiger partial charge in [0.25, 0.3) is 0 Å². The Bertz CT molecular complexity index is 2090. The predicted octanol–water partition coefficient (Wildman–Crippen LogP) is 6.87. The van der Waals surface area contributed by atoms with Gasteiger partial charge < -0.3 is 40.0 Å². The molecule has 4 N–H and O–H groups in total. The number of pyridine rings is 1. The molecule has 0 bridgehead atoms. The lowest BCUT2D eigenvalue weighted by Gasteiger charge is -2.32. The van der Waals surface area contributed by atoms with Crippen molar-refractivity contribution in [2.45, 2.75) is 76.8 Å². The Hall–Kier alpha value is -4.90. The number of halogens is 2. The third kappa shape index (κ3) is 10.9. The monoisotopic (exact) mass is 815 g/mol. The topological polar surface area (TPSA) is 166 Å². The molecule has 14 heteroatoms. The van der Waals surface area contributed by atoms with E-state index in [1.54, 1.807) is 31.3 Å². The van der Waals surface area contributed by atoms with E-state index in [1.807, 2.05) is 24.3 Å². The third-order valence-electron chi connectivity index (χ3n) is 10.3. The number of benzene rings is 3. The highest BCUT2D eigenvalue weighted by Gasteiger charge is 2.29. The minimum Gasteiger partial charge on any atom is -0.492 e. The SMILES string of the molecule is CC(=O)NC1CCN(CCCOc2cccc(-c3cccc4c3CCC4Oc3cc(OCc4cncc(C#N)c4)c(CN[C@@H](CCO)C(=O)O)cc3Cl)c2Cl)CC1. The zero-order valence-electron chi connectivity index (χ0n) is 31.8. The Balaban J connectivity index is 1.15. The Labute approximate surface area is 342 Å². The first kappa shape index (κ1) is 41.7. The van der Waals surface area contributed by atoms with Crippen molar-refractivity contribution in [1.82, 2.24) is 20.5 Å². The van der Waals surface area contributed by atoms with Crippen molar-refractivity contribution in [1.29, 1.82) is 5.26 Å². The Morgan fingerprint density at radius 1 is 1.02 bits per heavy atom. The van der Waals surface area contributed by atoms with Crippen LogP contribution in [0.3, 0.4) is 0 Å². The van der Waals surface area contributed by atoms with E-state index in [9.17, 15) is 25.1 Å². The summed E-state index contributed by atoms with van der Waals surface area (Å²) in [5.41, 5.74) is 5.71. The van der Waals surface area contributed by atoms with Crippen molar-refractivity contribution in [2.24, 2.45) is 0 Å². The molecule has 1 unspecified atom stereocenters. The number of carbonyl (C=O) groups is 2. The summed E-state index contributed by atoms with van der Waals surface area (Å²) in [6.07, 6.45) is 7.01. The summed E-state index contributed by atoms with van der Waals surface area (Å²) in [5, 5.41) is 35.2. The number of hydrogen-bond donors (Lipinski definition) is 4. The Morgan fingerprint density at radius 2 is 1.81 bits per heavy atom. The number of nitrogens with zero attached hydrogens (tertiary/aromatic N) is 3. The highest BCUT2D eigenvalue weighted by Crippen LogP contribution is 2.45. The molecular weight excluding hydrogens is 769 g/mol. The van der Waals surface area contributed by atoms with Crippen molar-refractivity contribution in [3.8, 4) is 34.4 Å². The fourth-order valence-corrected chi connectivity index (χ4v) is 7.95. The molecule has 1 aliphatic carbocycles. The maximum absolute atomic E-state index is 11.8. The van der Waals surface area contributed by atoms with Gasteiger partial charge in [0.2, 0.25) is 5.91 Å². The van der Waals surface area contributed by atoms with Gasteiger partial charge in [-0.2, -0.15) is 5.26 Å². The number of aliphatic hydroxyl groups is 1. The van der Waals surface area contributed by atoms with Crippen LogP contribution in [0.25, 0.3) is 11.1 Å². The van der Waals surface area contributed by atoms with Crippen LogP contribution in [-0.4, -0.2) is 76.9 Å². The van der Waals surface area contributed by atoms with Gasteiger partial charge in [0.15, 0.2) is 0 Å². The van der Waals surface area contributed by atoms with Crippen molar-refractivity contribution < 1.29 is 34.0 Å². The number of carbonyl (C=O) groups excluding carboxylic acids is 1. The lowest BCUT2D eigenvalue weighted by molar-refractivity contribution is -0.140. The number of piperidine rings is 1. The first-order valence-corrected chi connectivity index (χ1v) is 19.9. The average Bonchev–Trinajstić information content (AvgIpc) is 3.62. The zero-order valence-corrected chi connectivity index (χ0v) is 33.3. The van der Waals surface area contributed by atoms with Crippen LogP contribution in [0.1, 0.15) is 72.9 Å². The second-order valence-electron chi connectivity index (χ2n) is 14.3. The highest BCUT2D eigenvalue weighted by atomic mass is 35.5. The van der Waals surface area contributed by atoms with Gasteiger partial charge in [-0.15, -0.1) is 0 Å². The maximum Gasteiger partial charge on any atom is 0.320 e. The molecule has 1 aliphatic heterocycles. The van der Waals surface area contributed by atoms with Gasteiger partial charge >= 0.3 is 5.97 Å². The van der Waals surface area contributed by atoms with Gasteiger partial charge in [-0.25, -0.2) is 0 Å². The highest BCUT2D eigenvalue weighted by molar-refractivity contribution is 6.35. The van der Waals surface area contributed by atoms with Crippen LogP contribution < -0.4 is 24.8 Å². The van der Waals surface area contributed by atoms with Crippen molar-refractivity contribution >= 4 is 35.1 Å². The number of fused-ring (bicyclic) bond motifs is 1. The fourth-order valence-electron chi connectivity index (χ4n) is 7.44. The number of rotatable bonds is 18. The third-order valence-corrected chi connectivity index (χ3v) is 11.0. The van der Waals surface area contributed by atoms with Crippen molar-refractivity contribution in [2.75, 3.05) is 32.8 Å². The predicted molar refractivity (Wildman–Crippen MR) is 217 cm³/mol. The largest absolute Gasteiger partial charge is 0.492 e. The molecule has 12 nitrogen and oxygen atoms in total. The maximum atomic E-state index is 11.8. The second-order valence-corrected chi connectivity index (χ2v) is 15.1. The number of aliphatic hydroxyl groups excluding tert-OH is 1. The van der Waals surface area contributed by atoms with E-state index in [0.717, 1.165) is 67.6 Å². The molecule has 2 heterocycles. The van der Waals surface area contributed by atoms with Crippen LogP contribution >= 0.6 is 23.2 Å². The van der Waals surface area contributed by atoms with Gasteiger partial charge in [0.1, 0.15) is 42.1 Å². The molecule has 300 valence electrons. The molecule has 3 aromatic carbocycles. The summed E-state index contributed by atoms with van der Waals surface area (Å²) in [6, 6.07) is 18.4. The number of carboxylic acid groups (broad SMARTS) is 1. The molecule has 57 heavy (non-hydrogen) atoms. The molecule has 2 atom stereocenters. The lowest BCUT2D eigenvalue weighted by atomic mass is 9.96. The van der Waals surface area contributed by atoms with E-state index in [1.165, 1.54) is 6.20 Å². The molecule has 2 aliphatic rings. The van der Waals surface area contributed by atoms with Gasteiger partial charge in [-0.05, 0) is 73.4 Å². The number of likely N-dealkylation sites (tertiary alicyclic amines) is 1. The van der Waals surface area contributed by atoms with E-state index in [-0.39, 0.29) is 44.2 Å². The number of nitriles is 1. The quantitative estimate of drug-likeness (QED) is 0.0775. The van der Waals surface area contributed by atoms with E-state index in [2.05, 4.69) is 38.7 Å². The van der Waals surface area contributed by atoms with Crippen LogP contribution in [-0.2, 0) is 29.2 Å². The number of amides is 1. The molecule has 6 rings (SSSR count). The number of nitrogens with one attached hydrogen (secondary N) is 2. The average molecular weight is 817 g/mol. The standard InChI is InChI=1S/C43H47Cl2N5O7/c1-27(52)49-31-11-15-50(16-12-31)14-4-18-55-39-8-3-7-35(42(39)45)32-5-2-6-34-33(32)9-10-38(34)57-41-21-40(56-26-29-19-28(22-46)23-47-24-29)30(20-36(41)44)25-48-37(13-17-51)43(53)54/h2-3,5-8,19-21,23-24,31,37-38,48,51H,4,9-18,25-26H2,1H3,(H,49,52)(H,53,54)/t37-,38?/m0/s1. The summed E-state index contributed by atoms with van der Waals surface area (Å²) in [4.78, 5) is 29.7. The summed E-state index contributed by atoms with van der Waals surface area (Å²) in [6.45, 7) is 4.82. The van der Waals surface area contributed by atoms with E-state index in [4.69, 9.17) is 37.4 Å². The van der Waals surface area contributed by atoms with Crippen LogP contribution in [0.2, 0.25) is 10.0 Å². The van der Waals surface area contributed by atoms with Crippen LogP contribution in [0.5, 0.6) is 17.2 Å². The number of aliphatic carboxylic acids is 1. The van der Waals surface area contributed by atoms with Gasteiger partial charge in [0, 0.05) is 80.9 Å². The summed E-state index contributed by atoms with van der Waals surface area (Å²) in [5.74, 6) is 0.397. The molecule has 1 fully saturated rings. The molecule has 1 aromatic heterocycles. The number of carboxylic acids is 1. The minimum atomic E-state index is -1.08. The van der Waals surface area contributed by atoms with E-state index < -0.39 is 12.0 Å². The van der Waals surface area contributed by atoms with Crippen LogP contribution in [0.4, 0.5) is 0 Å². The Kier molecular flexibility index (Phi) is 14.6. The molecule has 0 radical (unpaired) electrons. The molecule has 1 amide bonds. The molecule has 4 aromatic rings. The minimum absolute atomic E-state index is 0.0260. The molecule has 0 saturated carbocycles. The summed E-state index contributed by atoms with van der Waals surface area (Å²) < 4.78 is 19.0. The first-order chi connectivity index (χ1) is 27.6. The van der Waals surface area contributed by atoms with Crippen molar-refractivity contribution in [3.05, 3.63) is 105 Å². The fraction of sp³-hybridized carbons (Fsp3) is 0.395. The Morgan fingerprint density at radius 3 is 2.56 bits per heavy atom. The smallest absolute Gasteiger partial charge is 0.320 e. The normalized spacial score (nSPS) is 16.0. The van der Waals surface area contributed by atoms with Crippen LogP contribution in [0.15, 0.2) is 67.0 Å². The zero-order chi connectivity index (χ0) is 40.3. The number of ether oxygens (including phenoxy) is 3. The molecule has 1 saturated heterocycles. The van der Waals surface area contributed by atoms with E-state index in [0.29, 0.717) is 57.0 Å². The lowest BCUT2D eigenvalue weighted by Crippen LogP contribution is -2.44. The molecular formula is C43H47Cl2N5O7. The van der Waals surface area contributed by atoms with Gasteiger partial charge in [-0.1, -0.05) is 53.5 Å². The molecule has 0 spiro atoms. The summed E-state index contributed by atoms with van der Waals surface area (Å²) >= 11 is 13.8. The number of aromatic nitrogens is 1. The summed E-state index contributed by atoms with van der Waals surface area (Å²) in [7, 11) is 0. The first-order valence-electron chi connectivity index (χ1n) is 19.2. The van der Waals surface area contributed by atoms with Crippen molar-refractivity contribution in [3.63, 3.8) is 0 Å². The second kappa shape index (κ2) is 20.0. The van der Waals surface area contributed by atoms with Gasteiger partial charge in [-0.3, -0.25) is 14.6 Å². The number of hydrogen-bond acceptors (Lipinski definition) is 10.